The lowest BCUT2D eigenvalue weighted by Gasteiger charge is -2.32. The van der Waals surface area contributed by atoms with Crippen molar-refractivity contribution in [2.45, 2.75) is 58.9 Å². The summed E-state index contributed by atoms with van der Waals surface area (Å²) in [5, 5.41) is 4.74. The maximum absolute atomic E-state index is 5.86. The largest absolute Gasteiger partial charge is 0.368 e. The van der Waals surface area contributed by atoms with E-state index in [2.05, 4.69) is 49.0 Å². The van der Waals surface area contributed by atoms with Crippen LogP contribution in [0.1, 0.15) is 51.8 Å². The standard InChI is InChI=1S/C15H24N4S/c1-5-10-9-11-12(17-14(16)18-13(11)20-10)19-15(6-2,7-3)8-4/h9H,5-8H2,1-4H3,(H3,16,17,18,19). The molecule has 0 aromatic carbocycles. The van der Waals surface area contributed by atoms with Crippen LogP contribution in [0.4, 0.5) is 11.8 Å². The number of fused-ring (bicyclic) bond motifs is 1. The zero-order valence-corrected chi connectivity index (χ0v) is 13.6. The second-order valence-electron chi connectivity index (χ2n) is 5.18. The van der Waals surface area contributed by atoms with Crippen LogP contribution in [0.5, 0.6) is 0 Å². The molecule has 0 aliphatic rings. The second-order valence-corrected chi connectivity index (χ2v) is 6.30. The number of anilines is 2. The Kier molecular flexibility index (Phi) is 4.48. The molecule has 110 valence electrons. The van der Waals surface area contributed by atoms with Crippen molar-refractivity contribution in [3.05, 3.63) is 10.9 Å². The van der Waals surface area contributed by atoms with Crippen LogP contribution in [-0.2, 0) is 6.42 Å². The Morgan fingerprint density at radius 2 is 1.80 bits per heavy atom. The Balaban J connectivity index is 2.49. The average molecular weight is 292 g/mol. The normalized spacial score (nSPS) is 12.0. The molecule has 5 heteroatoms. The number of hydrogen-bond donors (Lipinski definition) is 2. The van der Waals surface area contributed by atoms with Crippen LogP contribution in [-0.4, -0.2) is 15.5 Å². The third-order valence-corrected chi connectivity index (χ3v) is 5.40. The Morgan fingerprint density at radius 1 is 1.15 bits per heavy atom. The van der Waals surface area contributed by atoms with Crippen LogP contribution in [0.3, 0.4) is 0 Å². The molecule has 0 aliphatic carbocycles. The van der Waals surface area contributed by atoms with Crippen molar-refractivity contribution in [2.75, 3.05) is 11.1 Å². The van der Waals surface area contributed by atoms with Crippen molar-refractivity contribution in [3.8, 4) is 0 Å². The number of hydrogen-bond acceptors (Lipinski definition) is 5. The van der Waals surface area contributed by atoms with Gasteiger partial charge in [0, 0.05) is 10.4 Å². The molecule has 20 heavy (non-hydrogen) atoms. The summed E-state index contributed by atoms with van der Waals surface area (Å²) < 4.78 is 0. The number of nitrogens with one attached hydrogen (secondary N) is 1. The summed E-state index contributed by atoms with van der Waals surface area (Å²) in [5.41, 5.74) is 5.95. The van der Waals surface area contributed by atoms with E-state index in [1.54, 1.807) is 11.3 Å². The molecular formula is C15H24N4S. The van der Waals surface area contributed by atoms with Gasteiger partial charge < -0.3 is 11.1 Å². The lowest BCUT2D eigenvalue weighted by Crippen LogP contribution is -2.36. The van der Waals surface area contributed by atoms with E-state index < -0.39 is 0 Å². The highest BCUT2D eigenvalue weighted by molar-refractivity contribution is 7.18. The SMILES string of the molecule is CCc1cc2c(NC(CC)(CC)CC)nc(N)nc2s1. The first-order valence-electron chi connectivity index (χ1n) is 7.41. The molecule has 0 bridgehead atoms. The first-order valence-corrected chi connectivity index (χ1v) is 8.23. The smallest absolute Gasteiger partial charge is 0.223 e. The quantitative estimate of drug-likeness (QED) is 0.837. The molecule has 0 unspecified atom stereocenters. The van der Waals surface area contributed by atoms with Gasteiger partial charge in [-0.3, -0.25) is 0 Å². The lowest BCUT2D eigenvalue weighted by molar-refractivity contribution is 0.419. The number of aromatic nitrogens is 2. The first-order chi connectivity index (χ1) is 9.57. The fourth-order valence-electron chi connectivity index (χ4n) is 2.52. The van der Waals surface area contributed by atoms with Gasteiger partial charge in [-0.1, -0.05) is 27.7 Å². The molecule has 2 aromatic rings. The fourth-order valence-corrected chi connectivity index (χ4v) is 3.50. The fraction of sp³-hybridized carbons (Fsp3) is 0.600. The monoisotopic (exact) mass is 292 g/mol. The highest BCUT2D eigenvalue weighted by Gasteiger charge is 2.25. The highest BCUT2D eigenvalue weighted by atomic mass is 32.1. The molecule has 0 amide bonds. The molecule has 2 aromatic heterocycles. The van der Waals surface area contributed by atoms with Crippen LogP contribution >= 0.6 is 11.3 Å². The number of nitrogens with two attached hydrogens (primary N) is 1. The molecule has 0 radical (unpaired) electrons. The van der Waals surface area contributed by atoms with E-state index in [9.17, 15) is 0 Å². The van der Waals surface area contributed by atoms with Gasteiger partial charge in [0.2, 0.25) is 5.95 Å². The molecule has 0 atom stereocenters. The van der Waals surface area contributed by atoms with E-state index in [1.807, 2.05) is 0 Å². The molecule has 4 nitrogen and oxygen atoms in total. The highest BCUT2D eigenvalue weighted by Crippen LogP contribution is 2.33. The third kappa shape index (κ3) is 2.73. The molecular weight excluding hydrogens is 268 g/mol. The summed E-state index contributed by atoms with van der Waals surface area (Å²) in [4.78, 5) is 11.1. The summed E-state index contributed by atoms with van der Waals surface area (Å²) in [5.74, 6) is 1.23. The summed E-state index contributed by atoms with van der Waals surface area (Å²) in [6.45, 7) is 8.80. The minimum absolute atomic E-state index is 0.0854. The molecule has 2 heterocycles. The Hall–Kier alpha value is -1.36. The third-order valence-electron chi connectivity index (χ3n) is 4.22. The van der Waals surface area contributed by atoms with Gasteiger partial charge >= 0.3 is 0 Å². The minimum atomic E-state index is 0.0854. The molecule has 2 rings (SSSR count). The maximum atomic E-state index is 5.86. The van der Waals surface area contributed by atoms with Crippen LogP contribution in [0, 0.1) is 0 Å². The van der Waals surface area contributed by atoms with E-state index in [4.69, 9.17) is 5.73 Å². The van der Waals surface area contributed by atoms with Crippen molar-refractivity contribution in [1.29, 1.82) is 0 Å². The predicted molar refractivity (Wildman–Crippen MR) is 88.4 cm³/mol. The zero-order valence-electron chi connectivity index (χ0n) is 12.8. The molecule has 0 aliphatic heterocycles. The van der Waals surface area contributed by atoms with Gasteiger partial charge in [-0.05, 0) is 31.7 Å². The van der Waals surface area contributed by atoms with Crippen molar-refractivity contribution in [2.24, 2.45) is 0 Å². The van der Waals surface area contributed by atoms with Gasteiger partial charge in [-0.2, -0.15) is 4.98 Å². The molecule has 0 fully saturated rings. The number of aryl methyl sites for hydroxylation is 1. The molecule has 0 saturated heterocycles. The molecule has 3 N–H and O–H groups in total. The maximum Gasteiger partial charge on any atom is 0.223 e. The van der Waals surface area contributed by atoms with E-state index in [0.717, 1.165) is 41.7 Å². The van der Waals surface area contributed by atoms with Crippen molar-refractivity contribution >= 4 is 33.3 Å². The van der Waals surface area contributed by atoms with Crippen LogP contribution in [0.15, 0.2) is 6.07 Å². The van der Waals surface area contributed by atoms with Gasteiger partial charge in [0.1, 0.15) is 10.6 Å². The van der Waals surface area contributed by atoms with Crippen molar-refractivity contribution in [3.63, 3.8) is 0 Å². The van der Waals surface area contributed by atoms with Gasteiger partial charge in [-0.25, -0.2) is 4.98 Å². The van der Waals surface area contributed by atoms with Gasteiger partial charge in [0.05, 0.1) is 5.39 Å². The first kappa shape index (κ1) is 15.0. The van der Waals surface area contributed by atoms with E-state index >= 15 is 0 Å². The summed E-state index contributed by atoms with van der Waals surface area (Å²) in [6, 6.07) is 2.19. The number of thiophene rings is 1. The number of nitrogen functional groups attached to an aromatic ring is 1. The van der Waals surface area contributed by atoms with Gasteiger partial charge in [0.25, 0.3) is 0 Å². The summed E-state index contributed by atoms with van der Waals surface area (Å²) >= 11 is 1.70. The Morgan fingerprint density at radius 3 is 2.35 bits per heavy atom. The molecule has 0 spiro atoms. The number of rotatable bonds is 6. The average Bonchev–Trinajstić information content (AvgIpc) is 2.88. The van der Waals surface area contributed by atoms with Crippen LogP contribution < -0.4 is 11.1 Å². The zero-order chi connectivity index (χ0) is 14.8. The van der Waals surface area contributed by atoms with Crippen molar-refractivity contribution in [1.82, 2.24) is 9.97 Å². The second kappa shape index (κ2) is 5.95. The summed E-state index contributed by atoms with van der Waals surface area (Å²) in [7, 11) is 0. The van der Waals surface area contributed by atoms with Crippen LogP contribution in [0.25, 0.3) is 10.2 Å². The predicted octanol–water partition coefficient (Wildman–Crippen LogP) is 4.22. The topological polar surface area (TPSA) is 63.8 Å². The number of nitrogens with zero attached hydrogens (tertiary/aromatic N) is 2. The van der Waals surface area contributed by atoms with Crippen LogP contribution in [0.2, 0.25) is 0 Å². The van der Waals surface area contributed by atoms with Crippen molar-refractivity contribution < 1.29 is 0 Å². The Labute approximate surface area is 124 Å². The van der Waals surface area contributed by atoms with Gasteiger partial charge in [-0.15, -0.1) is 11.3 Å². The van der Waals surface area contributed by atoms with E-state index in [-0.39, 0.29) is 5.54 Å². The summed E-state index contributed by atoms with van der Waals surface area (Å²) in [6.07, 6.45) is 4.21. The van der Waals surface area contributed by atoms with E-state index in [1.165, 1.54) is 4.88 Å². The minimum Gasteiger partial charge on any atom is -0.368 e. The van der Waals surface area contributed by atoms with Gasteiger partial charge in [0.15, 0.2) is 0 Å². The Bertz CT molecular complexity index is 579. The lowest BCUT2D eigenvalue weighted by atomic mass is 9.90. The molecule has 0 saturated carbocycles. The van der Waals surface area contributed by atoms with E-state index in [0.29, 0.717) is 5.95 Å².